The van der Waals surface area contributed by atoms with E-state index in [9.17, 15) is 34.1 Å². The third-order valence-electron chi connectivity index (χ3n) is 6.25. The van der Waals surface area contributed by atoms with Crippen LogP contribution in [-0.2, 0) is 20.8 Å². The molecule has 0 saturated carbocycles. The molecule has 3 rings (SSSR count). The third-order valence-corrected chi connectivity index (χ3v) is 6.25. The van der Waals surface area contributed by atoms with E-state index in [0.717, 1.165) is 12.8 Å². The summed E-state index contributed by atoms with van der Waals surface area (Å²) >= 11 is 0. The number of aliphatic hydroxyl groups is 1. The number of piperidine rings is 2. The first kappa shape index (κ1) is 24.8. The second kappa shape index (κ2) is 10.8. The summed E-state index contributed by atoms with van der Waals surface area (Å²) in [6.07, 6.45) is 0.392. The Labute approximate surface area is 192 Å². The molecular weight excluding hydrogens is 433 g/mol. The maximum atomic E-state index is 13.8. The molecule has 0 spiro atoms. The van der Waals surface area contributed by atoms with E-state index in [0.29, 0.717) is 37.9 Å². The summed E-state index contributed by atoms with van der Waals surface area (Å²) in [4.78, 5) is 41.5. The molecule has 0 aliphatic carbocycles. The number of alkyl halides is 1. The van der Waals surface area contributed by atoms with E-state index in [1.165, 1.54) is 34.9 Å². The summed E-state index contributed by atoms with van der Waals surface area (Å²) in [6.45, 7) is 2.39. The molecule has 2 aliphatic heterocycles. The van der Waals surface area contributed by atoms with Crippen molar-refractivity contribution >= 4 is 17.7 Å². The van der Waals surface area contributed by atoms with Gasteiger partial charge in [0.2, 0.25) is 17.7 Å². The van der Waals surface area contributed by atoms with Gasteiger partial charge in [0.25, 0.3) is 0 Å². The molecule has 4 atom stereocenters. The Kier molecular flexibility index (Phi) is 8.12. The molecule has 2 heterocycles. The zero-order valence-corrected chi connectivity index (χ0v) is 18.7. The SMILES string of the molecule is CC(NC(=O)C(O)Cc1ccc(O)c(O)c1)C(=O)N1CCCCC1C(=O)N1CCCC(F)C1. The van der Waals surface area contributed by atoms with Crippen LogP contribution in [0.1, 0.15) is 44.6 Å². The number of amides is 3. The van der Waals surface area contributed by atoms with Gasteiger partial charge in [0.1, 0.15) is 24.4 Å². The van der Waals surface area contributed by atoms with E-state index in [2.05, 4.69) is 5.32 Å². The molecule has 4 N–H and O–H groups in total. The lowest BCUT2D eigenvalue weighted by Gasteiger charge is -2.40. The van der Waals surface area contributed by atoms with Gasteiger partial charge in [-0.05, 0) is 56.7 Å². The summed E-state index contributed by atoms with van der Waals surface area (Å²) in [5, 5.41) is 31.6. The summed E-state index contributed by atoms with van der Waals surface area (Å²) in [5.74, 6) is -2.12. The van der Waals surface area contributed by atoms with Crippen molar-refractivity contribution in [2.45, 2.75) is 69.8 Å². The Morgan fingerprint density at radius 2 is 1.88 bits per heavy atom. The van der Waals surface area contributed by atoms with E-state index in [1.807, 2.05) is 0 Å². The number of phenolic OH excluding ortho intramolecular Hbond substituents is 2. The number of likely N-dealkylation sites (tertiary alicyclic amines) is 2. The lowest BCUT2D eigenvalue weighted by Crippen LogP contribution is -2.59. The van der Waals surface area contributed by atoms with Crippen LogP contribution in [0.3, 0.4) is 0 Å². The number of carbonyl (C=O) groups is 3. The second-order valence-electron chi connectivity index (χ2n) is 8.84. The third kappa shape index (κ3) is 6.13. The molecule has 182 valence electrons. The van der Waals surface area contributed by atoms with Crippen LogP contribution < -0.4 is 5.32 Å². The highest BCUT2D eigenvalue weighted by atomic mass is 19.1. The molecule has 0 bridgehead atoms. The van der Waals surface area contributed by atoms with E-state index in [1.54, 1.807) is 0 Å². The quantitative estimate of drug-likeness (QED) is 0.461. The average Bonchev–Trinajstić information content (AvgIpc) is 2.80. The number of hydrogen-bond acceptors (Lipinski definition) is 6. The van der Waals surface area contributed by atoms with Crippen molar-refractivity contribution < 1.29 is 34.1 Å². The summed E-state index contributed by atoms with van der Waals surface area (Å²) in [7, 11) is 0. The van der Waals surface area contributed by atoms with Crippen molar-refractivity contribution in [1.29, 1.82) is 0 Å². The van der Waals surface area contributed by atoms with Crippen LogP contribution in [-0.4, -0.2) is 86.8 Å². The van der Waals surface area contributed by atoms with E-state index < -0.39 is 36.2 Å². The van der Waals surface area contributed by atoms with Gasteiger partial charge in [0.15, 0.2) is 11.5 Å². The molecule has 4 unspecified atom stereocenters. The zero-order chi connectivity index (χ0) is 24.1. The topological polar surface area (TPSA) is 130 Å². The van der Waals surface area contributed by atoms with Gasteiger partial charge in [-0.15, -0.1) is 0 Å². The highest BCUT2D eigenvalue weighted by molar-refractivity contribution is 5.93. The van der Waals surface area contributed by atoms with Crippen molar-refractivity contribution in [1.82, 2.24) is 15.1 Å². The fourth-order valence-corrected chi connectivity index (χ4v) is 4.42. The van der Waals surface area contributed by atoms with Crippen LogP contribution in [0.2, 0.25) is 0 Å². The van der Waals surface area contributed by atoms with Crippen LogP contribution in [0.25, 0.3) is 0 Å². The van der Waals surface area contributed by atoms with Crippen LogP contribution >= 0.6 is 0 Å². The predicted molar refractivity (Wildman–Crippen MR) is 117 cm³/mol. The maximum absolute atomic E-state index is 13.8. The Bertz CT molecular complexity index is 882. The van der Waals surface area contributed by atoms with Crippen LogP contribution in [0.4, 0.5) is 4.39 Å². The van der Waals surface area contributed by atoms with Gasteiger partial charge >= 0.3 is 0 Å². The summed E-state index contributed by atoms with van der Waals surface area (Å²) in [5.41, 5.74) is 0.432. The summed E-state index contributed by atoms with van der Waals surface area (Å²) in [6, 6.07) is 2.31. The van der Waals surface area contributed by atoms with Gasteiger partial charge in [-0.2, -0.15) is 0 Å². The number of rotatable bonds is 6. The van der Waals surface area contributed by atoms with Gasteiger partial charge in [-0.1, -0.05) is 6.07 Å². The monoisotopic (exact) mass is 465 g/mol. The van der Waals surface area contributed by atoms with Gasteiger partial charge in [-0.25, -0.2) is 4.39 Å². The first-order valence-electron chi connectivity index (χ1n) is 11.4. The van der Waals surface area contributed by atoms with Crippen LogP contribution in [0.5, 0.6) is 11.5 Å². The number of aromatic hydroxyl groups is 2. The normalized spacial score (nSPS) is 23.0. The minimum absolute atomic E-state index is 0.0443. The van der Waals surface area contributed by atoms with Crippen molar-refractivity contribution in [2.75, 3.05) is 19.6 Å². The molecule has 1 aromatic carbocycles. The lowest BCUT2D eigenvalue weighted by atomic mass is 9.98. The molecule has 1 aromatic rings. The molecular formula is C23H32FN3O6. The zero-order valence-electron chi connectivity index (χ0n) is 18.7. The average molecular weight is 466 g/mol. The highest BCUT2D eigenvalue weighted by Crippen LogP contribution is 2.26. The minimum Gasteiger partial charge on any atom is -0.504 e. The predicted octanol–water partition coefficient (Wildman–Crippen LogP) is 0.847. The number of nitrogens with zero attached hydrogens (tertiary/aromatic N) is 2. The van der Waals surface area contributed by atoms with Crippen molar-refractivity contribution in [3.63, 3.8) is 0 Å². The van der Waals surface area contributed by atoms with Gasteiger partial charge in [-0.3, -0.25) is 14.4 Å². The minimum atomic E-state index is -1.47. The Hall–Kier alpha value is -2.88. The fraction of sp³-hybridized carbons (Fsp3) is 0.609. The number of aliphatic hydroxyl groups excluding tert-OH is 1. The van der Waals surface area contributed by atoms with Gasteiger partial charge in [0.05, 0.1) is 6.54 Å². The molecule has 2 saturated heterocycles. The standard InChI is InChI=1S/C23H32FN3O6/c1-14(25-21(31)20(30)12-15-7-8-18(28)19(29)11-15)22(32)27-10-3-2-6-17(27)23(33)26-9-4-5-16(24)13-26/h7-8,11,14,16-17,20,28-30H,2-6,9-10,12-13H2,1H3,(H,25,31). The Morgan fingerprint density at radius 1 is 1.12 bits per heavy atom. The summed E-state index contributed by atoms with van der Waals surface area (Å²) < 4.78 is 13.8. The molecule has 3 amide bonds. The fourth-order valence-electron chi connectivity index (χ4n) is 4.42. The Balaban J connectivity index is 1.60. The molecule has 9 nitrogen and oxygen atoms in total. The first-order valence-corrected chi connectivity index (χ1v) is 11.4. The lowest BCUT2D eigenvalue weighted by molar-refractivity contribution is -0.150. The number of hydrogen-bond donors (Lipinski definition) is 4. The molecule has 2 fully saturated rings. The number of phenols is 2. The number of carbonyl (C=O) groups excluding carboxylic acids is 3. The van der Waals surface area contributed by atoms with E-state index >= 15 is 0 Å². The van der Waals surface area contributed by atoms with Crippen molar-refractivity contribution in [3.05, 3.63) is 23.8 Å². The van der Waals surface area contributed by atoms with Gasteiger partial charge < -0.3 is 30.4 Å². The Morgan fingerprint density at radius 3 is 2.58 bits per heavy atom. The number of benzene rings is 1. The molecule has 0 radical (unpaired) electrons. The molecule has 0 aromatic heterocycles. The largest absolute Gasteiger partial charge is 0.504 e. The first-order chi connectivity index (χ1) is 15.7. The molecule has 10 heteroatoms. The van der Waals surface area contributed by atoms with Crippen molar-refractivity contribution in [2.24, 2.45) is 0 Å². The highest BCUT2D eigenvalue weighted by Gasteiger charge is 2.38. The second-order valence-corrected chi connectivity index (χ2v) is 8.84. The van der Waals surface area contributed by atoms with E-state index in [-0.39, 0.29) is 30.4 Å². The van der Waals surface area contributed by atoms with E-state index in [4.69, 9.17) is 0 Å². The molecule has 2 aliphatic rings. The number of nitrogens with one attached hydrogen (secondary N) is 1. The maximum Gasteiger partial charge on any atom is 0.249 e. The van der Waals surface area contributed by atoms with Crippen LogP contribution in [0, 0.1) is 0 Å². The van der Waals surface area contributed by atoms with Crippen LogP contribution in [0.15, 0.2) is 18.2 Å². The van der Waals surface area contributed by atoms with Crippen molar-refractivity contribution in [3.8, 4) is 11.5 Å². The molecule has 33 heavy (non-hydrogen) atoms. The number of halogens is 1. The van der Waals surface area contributed by atoms with Gasteiger partial charge in [0, 0.05) is 19.5 Å². The smallest absolute Gasteiger partial charge is 0.249 e.